The number of hydrogen-bond donors (Lipinski definition) is 0. The molecule has 0 N–H and O–H groups in total. The third-order valence-corrected chi connectivity index (χ3v) is 2.54. The van der Waals surface area contributed by atoms with E-state index in [-0.39, 0.29) is 17.8 Å². The number of nitrogens with zero attached hydrogens (tertiary/aromatic N) is 2. The Morgan fingerprint density at radius 2 is 2.22 bits per heavy atom. The predicted molar refractivity (Wildman–Crippen MR) is 62.4 cm³/mol. The Hall–Kier alpha value is -1.85. The Bertz CT molecular complexity index is 455. The zero-order valence-electron chi connectivity index (χ0n) is 10.7. The fraction of sp³-hybridized carbons (Fsp3) is 0.583. The van der Waals surface area contributed by atoms with E-state index in [1.165, 1.54) is 6.20 Å². The summed E-state index contributed by atoms with van der Waals surface area (Å²) in [5, 5.41) is 0. The van der Waals surface area contributed by atoms with Crippen LogP contribution in [0.5, 0.6) is 0 Å². The van der Waals surface area contributed by atoms with Gasteiger partial charge in [-0.1, -0.05) is 0 Å². The summed E-state index contributed by atoms with van der Waals surface area (Å²) < 4.78 is 10.4. The molecule has 0 radical (unpaired) electrons. The first-order chi connectivity index (χ1) is 8.39. The first-order valence-corrected chi connectivity index (χ1v) is 5.78. The Morgan fingerprint density at radius 1 is 1.56 bits per heavy atom. The third kappa shape index (κ3) is 2.69. The van der Waals surface area contributed by atoms with E-state index in [1.807, 2.05) is 20.8 Å². The lowest BCUT2D eigenvalue weighted by molar-refractivity contribution is 0.00598. The van der Waals surface area contributed by atoms with Crippen LogP contribution in [0.15, 0.2) is 10.6 Å². The van der Waals surface area contributed by atoms with Gasteiger partial charge in [0.2, 0.25) is 5.89 Å². The van der Waals surface area contributed by atoms with Gasteiger partial charge in [0, 0.05) is 13.1 Å². The Kier molecular flexibility index (Phi) is 3.11. The fourth-order valence-electron chi connectivity index (χ4n) is 1.65. The van der Waals surface area contributed by atoms with Crippen LogP contribution in [0, 0.1) is 0 Å². The van der Waals surface area contributed by atoms with Crippen LogP contribution in [-0.2, 0) is 4.74 Å². The molecule has 1 aliphatic rings. The average Bonchev–Trinajstić information content (AvgIpc) is 2.60. The van der Waals surface area contributed by atoms with Crippen LogP contribution in [0.3, 0.4) is 0 Å². The molecular formula is C12H16N2O4. The number of aldehydes is 1. The molecule has 6 heteroatoms. The minimum atomic E-state index is -0.490. The van der Waals surface area contributed by atoms with Crippen molar-refractivity contribution in [2.24, 2.45) is 0 Å². The van der Waals surface area contributed by atoms with Crippen LogP contribution >= 0.6 is 0 Å². The molecule has 0 spiro atoms. The lowest BCUT2D eigenvalue weighted by Crippen LogP contribution is -2.50. The molecular weight excluding hydrogens is 236 g/mol. The van der Waals surface area contributed by atoms with E-state index in [1.54, 1.807) is 4.90 Å². The van der Waals surface area contributed by atoms with Crippen molar-refractivity contribution < 1.29 is 18.7 Å². The third-order valence-electron chi connectivity index (χ3n) is 2.54. The van der Waals surface area contributed by atoms with Gasteiger partial charge in [-0.25, -0.2) is 9.78 Å². The van der Waals surface area contributed by atoms with E-state index in [0.29, 0.717) is 25.3 Å². The van der Waals surface area contributed by atoms with Gasteiger partial charge in [0.25, 0.3) is 0 Å². The Labute approximate surface area is 105 Å². The van der Waals surface area contributed by atoms with Crippen molar-refractivity contribution in [2.75, 3.05) is 13.1 Å². The van der Waals surface area contributed by atoms with Crippen molar-refractivity contribution in [1.82, 2.24) is 9.88 Å². The first-order valence-electron chi connectivity index (χ1n) is 5.78. The lowest BCUT2D eigenvalue weighted by atomic mass is 10.0. The minimum absolute atomic E-state index is 0.0474. The molecule has 98 valence electrons. The van der Waals surface area contributed by atoms with Crippen molar-refractivity contribution in [3.05, 3.63) is 17.8 Å². The summed E-state index contributed by atoms with van der Waals surface area (Å²) in [6, 6.07) is 0. The molecule has 1 amide bonds. The van der Waals surface area contributed by atoms with Gasteiger partial charge < -0.3 is 14.1 Å². The zero-order chi connectivity index (χ0) is 13.3. The number of rotatable bonds is 2. The summed E-state index contributed by atoms with van der Waals surface area (Å²) in [6.07, 6.45) is 1.67. The molecule has 2 heterocycles. The number of carbonyl (C=O) groups is 2. The molecule has 1 saturated heterocycles. The number of likely N-dealkylation sites (tertiary alicyclic amines) is 1. The van der Waals surface area contributed by atoms with Gasteiger partial charge in [-0.2, -0.15) is 0 Å². The Balaban J connectivity index is 1.87. The van der Waals surface area contributed by atoms with Crippen LogP contribution in [0.1, 0.15) is 43.1 Å². The summed E-state index contributed by atoms with van der Waals surface area (Å²) in [6.45, 7) is 6.49. The molecule has 1 aromatic rings. The molecule has 0 aliphatic carbocycles. The highest BCUT2D eigenvalue weighted by atomic mass is 16.6. The number of ether oxygens (including phenoxy) is 1. The van der Waals surface area contributed by atoms with Crippen molar-refractivity contribution in [3.63, 3.8) is 0 Å². The molecule has 0 unspecified atom stereocenters. The van der Waals surface area contributed by atoms with Crippen molar-refractivity contribution in [3.8, 4) is 0 Å². The number of carbonyl (C=O) groups excluding carboxylic acids is 2. The van der Waals surface area contributed by atoms with Gasteiger partial charge in [-0.15, -0.1) is 0 Å². The number of amides is 1. The highest BCUT2D eigenvalue weighted by Gasteiger charge is 2.37. The zero-order valence-corrected chi connectivity index (χ0v) is 10.7. The van der Waals surface area contributed by atoms with Gasteiger partial charge in [-0.3, -0.25) is 4.79 Å². The molecule has 0 atom stereocenters. The normalized spacial score (nSPS) is 16.3. The van der Waals surface area contributed by atoms with Crippen molar-refractivity contribution in [2.45, 2.75) is 32.3 Å². The maximum Gasteiger partial charge on any atom is 0.410 e. The second-order valence-corrected chi connectivity index (χ2v) is 5.30. The average molecular weight is 252 g/mol. The van der Waals surface area contributed by atoms with Gasteiger partial charge >= 0.3 is 6.09 Å². The second kappa shape index (κ2) is 4.44. The van der Waals surface area contributed by atoms with Gasteiger partial charge in [0.15, 0.2) is 12.0 Å². The predicted octanol–water partition coefficient (Wildman–Crippen LogP) is 1.82. The van der Waals surface area contributed by atoms with E-state index >= 15 is 0 Å². The van der Waals surface area contributed by atoms with Gasteiger partial charge in [-0.05, 0) is 20.8 Å². The molecule has 6 nitrogen and oxygen atoms in total. The maximum absolute atomic E-state index is 11.7. The van der Waals surface area contributed by atoms with Gasteiger partial charge in [0.05, 0.1) is 12.1 Å². The van der Waals surface area contributed by atoms with Crippen LogP contribution in [0.25, 0.3) is 0 Å². The van der Waals surface area contributed by atoms with Crippen LogP contribution < -0.4 is 0 Å². The quantitative estimate of drug-likeness (QED) is 0.751. The molecule has 1 aliphatic heterocycles. The van der Waals surface area contributed by atoms with E-state index in [9.17, 15) is 9.59 Å². The smallest absolute Gasteiger partial charge is 0.410 e. The summed E-state index contributed by atoms with van der Waals surface area (Å²) in [5.74, 6) is 0.754. The largest absolute Gasteiger partial charge is 0.444 e. The summed E-state index contributed by atoms with van der Waals surface area (Å²) in [5.41, 5.74) is -0.490. The second-order valence-electron chi connectivity index (χ2n) is 5.30. The number of hydrogen-bond acceptors (Lipinski definition) is 5. The van der Waals surface area contributed by atoms with E-state index in [4.69, 9.17) is 9.15 Å². The Morgan fingerprint density at radius 3 is 2.72 bits per heavy atom. The summed E-state index contributed by atoms with van der Waals surface area (Å²) >= 11 is 0. The first kappa shape index (κ1) is 12.6. The monoisotopic (exact) mass is 252 g/mol. The highest BCUT2D eigenvalue weighted by molar-refractivity contribution is 5.70. The van der Waals surface area contributed by atoms with Crippen LogP contribution in [-0.4, -0.2) is 41.0 Å². The maximum atomic E-state index is 11.7. The molecule has 1 aromatic heterocycles. The summed E-state index contributed by atoms with van der Waals surface area (Å²) in [4.78, 5) is 27.7. The summed E-state index contributed by atoms with van der Waals surface area (Å²) in [7, 11) is 0. The van der Waals surface area contributed by atoms with Crippen LogP contribution in [0.4, 0.5) is 4.79 Å². The van der Waals surface area contributed by atoms with Crippen molar-refractivity contribution >= 4 is 12.4 Å². The van der Waals surface area contributed by atoms with E-state index in [2.05, 4.69) is 4.98 Å². The number of oxazole rings is 1. The number of aromatic nitrogens is 1. The highest BCUT2D eigenvalue weighted by Crippen LogP contribution is 2.27. The molecule has 18 heavy (non-hydrogen) atoms. The van der Waals surface area contributed by atoms with Gasteiger partial charge in [0.1, 0.15) is 5.60 Å². The molecule has 1 fully saturated rings. The van der Waals surface area contributed by atoms with E-state index < -0.39 is 5.60 Å². The SMILES string of the molecule is CC(C)(C)OC(=O)N1CC(c2ncc(C=O)o2)C1. The van der Waals surface area contributed by atoms with Crippen molar-refractivity contribution in [1.29, 1.82) is 0 Å². The topological polar surface area (TPSA) is 72.6 Å². The molecule has 2 rings (SSSR count). The minimum Gasteiger partial charge on any atom is -0.444 e. The molecule has 0 aromatic carbocycles. The molecule has 0 saturated carbocycles. The fourth-order valence-corrected chi connectivity index (χ4v) is 1.65. The lowest BCUT2D eigenvalue weighted by Gasteiger charge is -2.38. The van der Waals surface area contributed by atoms with E-state index in [0.717, 1.165) is 0 Å². The van der Waals surface area contributed by atoms with Crippen LogP contribution in [0.2, 0.25) is 0 Å². The molecule has 0 bridgehead atoms. The standard InChI is InChI=1S/C12H16N2O4/c1-12(2,3)18-11(16)14-5-8(6-14)10-13-4-9(7-15)17-10/h4,7-8H,5-6H2,1-3H3.